The fraction of sp³-hybridized carbons (Fsp3) is 0.636. The van der Waals surface area contributed by atoms with E-state index in [-0.39, 0.29) is 37.5 Å². The van der Waals surface area contributed by atoms with Crippen LogP contribution >= 0.6 is 0 Å². The topological polar surface area (TPSA) is 57.8 Å². The number of H-pyrrole nitrogens is 1. The first-order valence-corrected chi connectivity index (χ1v) is 5.66. The van der Waals surface area contributed by atoms with Crippen LogP contribution < -0.4 is 5.32 Å². The summed E-state index contributed by atoms with van der Waals surface area (Å²) in [5.41, 5.74) is 0.833. The lowest BCUT2D eigenvalue weighted by Gasteiger charge is -2.27. The average Bonchev–Trinajstić information content (AvgIpc) is 2.64. The molecule has 1 heterocycles. The van der Waals surface area contributed by atoms with Crippen LogP contribution in [0.2, 0.25) is 0 Å². The predicted molar refractivity (Wildman–Crippen MR) is 58.9 cm³/mol. The number of anilines is 1. The lowest BCUT2D eigenvalue weighted by Crippen LogP contribution is -2.32. The van der Waals surface area contributed by atoms with Crippen molar-refractivity contribution in [2.45, 2.75) is 38.5 Å². The highest BCUT2D eigenvalue weighted by molar-refractivity contribution is 5.92. The van der Waals surface area contributed by atoms with Gasteiger partial charge in [-0.1, -0.05) is 0 Å². The molecule has 0 atom stereocenters. The molecular formula is C11H15F2N3O. The summed E-state index contributed by atoms with van der Waals surface area (Å²) in [7, 11) is 0. The monoisotopic (exact) mass is 243 g/mol. The van der Waals surface area contributed by atoms with Crippen LogP contribution in [0.15, 0.2) is 6.20 Å². The van der Waals surface area contributed by atoms with Crippen molar-refractivity contribution in [2.75, 3.05) is 5.32 Å². The zero-order valence-electron chi connectivity index (χ0n) is 9.59. The van der Waals surface area contributed by atoms with E-state index in [0.29, 0.717) is 5.82 Å². The largest absolute Gasteiger partial charge is 0.311 e. The highest BCUT2D eigenvalue weighted by Gasteiger charge is 2.37. The summed E-state index contributed by atoms with van der Waals surface area (Å²) in [5.74, 6) is -2.57. The number of alkyl halides is 2. The van der Waals surface area contributed by atoms with Gasteiger partial charge in [0, 0.05) is 24.3 Å². The summed E-state index contributed by atoms with van der Waals surface area (Å²) in [4.78, 5) is 11.8. The third kappa shape index (κ3) is 2.81. The van der Waals surface area contributed by atoms with E-state index in [1.807, 2.05) is 6.92 Å². The Morgan fingerprint density at radius 1 is 1.53 bits per heavy atom. The fourth-order valence-corrected chi connectivity index (χ4v) is 2.00. The van der Waals surface area contributed by atoms with Gasteiger partial charge in [0.2, 0.25) is 11.8 Å². The standard InChI is InChI=1S/C11H15F2N3O/c1-7-6-14-16-9(7)15-10(17)8-2-4-11(12,13)5-3-8/h6,8H,2-5H2,1H3,(H2,14,15,16,17). The van der Waals surface area contributed by atoms with Gasteiger partial charge in [-0.05, 0) is 19.8 Å². The minimum atomic E-state index is -2.60. The first-order chi connectivity index (χ1) is 7.98. The van der Waals surface area contributed by atoms with Gasteiger partial charge in [-0.15, -0.1) is 0 Å². The number of amides is 1. The van der Waals surface area contributed by atoms with Crippen LogP contribution in [-0.2, 0) is 4.79 Å². The number of rotatable bonds is 2. The van der Waals surface area contributed by atoms with Crippen LogP contribution in [0.3, 0.4) is 0 Å². The molecule has 1 aliphatic rings. The molecule has 0 radical (unpaired) electrons. The van der Waals surface area contributed by atoms with E-state index in [9.17, 15) is 13.6 Å². The van der Waals surface area contributed by atoms with E-state index in [4.69, 9.17) is 0 Å². The number of hydrogen-bond donors (Lipinski definition) is 2. The van der Waals surface area contributed by atoms with E-state index in [1.165, 1.54) is 0 Å². The molecule has 2 N–H and O–H groups in total. The molecule has 1 amide bonds. The number of aryl methyl sites for hydroxylation is 1. The zero-order valence-corrected chi connectivity index (χ0v) is 9.59. The molecule has 1 aliphatic carbocycles. The molecule has 0 bridgehead atoms. The number of aromatic amines is 1. The van der Waals surface area contributed by atoms with Crippen molar-refractivity contribution >= 4 is 11.7 Å². The number of hydrogen-bond acceptors (Lipinski definition) is 2. The number of aromatic nitrogens is 2. The first-order valence-electron chi connectivity index (χ1n) is 5.66. The molecule has 0 unspecified atom stereocenters. The van der Waals surface area contributed by atoms with Crippen molar-refractivity contribution in [1.82, 2.24) is 10.2 Å². The average molecular weight is 243 g/mol. The summed E-state index contributed by atoms with van der Waals surface area (Å²) < 4.78 is 25.9. The van der Waals surface area contributed by atoms with E-state index in [2.05, 4.69) is 15.5 Å². The van der Waals surface area contributed by atoms with Gasteiger partial charge in [-0.25, -0.2) is 8.78 Å². The second-order valence-electron chi connectivity index (χ2n) is 4.55. The molecular weight excluding hydrogens is 228 g/mol. The van der Waals surface area contributed by atoms with Gasteiger partial charge in [0.1, 0.15) is 5.82 Å². The van der Waals surface area contributed by atoms with Gasteiger partial charge in [0.15, 0.2) is 0 Å². The quantitative estimate of drug-likeness (QED) is 0.838. The Balaban J connectivity index is 1.92. The van der Waals surface area contributed by atoms with Crippen molar-refractivity contribution in [3.63, 3.8) is 0 Å². The summed E-state index contributed by atoms with van der Waals surface area (Å²) >= 11 is 0. The smallest absolute Gasteiger partial charge is 0.248 e. The Bertz CT molecular complexity index is 407. The first kappa shape index (κ1) is 12.0. The molecule has 17 heavy (non-hydrogen) atoms. The molecule has 94 valence electrons. The van der Waals surface area contributed by atoms with Crippen LogP contribution in [0.25, 0.3) is 0 Å². The van der Waals surface area contributed by atoms with E-state index >= 15 is 0 Å². The van der Waals surface area contributed by atoms with Gasteiger partial charge >= 0.3 is 0 Å². The Hall–Kier alpha value is -1.46. The van der Waals surface area contributed by atoms with Gasteiger partial charge in [0.05, 0.1) is 6.20 Å². The van der Waals surface area contributed by atoms with Crippen molar-refractivity contribution in [3.8, 4) is 0 Å². The molecule has 1 saturated carbocycles. The number of nitrogens with zero attached hydrogens (tertiary/aromatic N) is 1. The molecule has 0 spiro atoms. The number of halogens is 2. The van der Waals surface area contributed by atoms with Crippen molar-refractivity contribution in [3.05, 3.63) is 11.8 Å². The molecule has 1 aromatic heterocycles. The minimum Gasteiger partial charge on any atom is -0.311 e. The molecule has 6 heteroatoms. The lowest BCUT2D eigenvalue weighted by atomic mass is 9.86. The van der Waals surface area contributed by atoms with Gasteiger partial charge in [-0.3, -0.25) is 9.89 Å². The van der Waals surface area contributed by atoms with E-state index in [1.54, 1.807) is 6.20 Å². The van der Waals surface area contributed by atoms with Crippen LogP contribution in [0, 0.1) is 12.8 Å². The number of carbonyl (C=O) groups excluding carboxylic acids is 1. The molecule has 0 saturated heterocycles. The Morgan fingerprint density at radius 2 is 2.18 bits per heavy atom. The summed E-state index contributed by atoms with van der Waals surface area (Å²) in [6.45, 7) is 1.81. The molecule has 1 fully saturated rings. The Kier molecular flexibility index (Phi) is 3.13. The third-order valence-corrected chi connectivity index (χ3v) is 3.16. The maximum atomic E-state index is 12.9. The van der Waals surface area contributed by atoms with Gasteiger partial charge in [-0.2, -0.15) is 5.10 Å². The Morgan fingerprint density at radius 3 is 2.71 bits per heavy atom. The highest BCUT2D eigenvalue weighted by atomic mass is 19.3. The van der Waals surface area contributed by atoms with Crippen LogP contribution in [0.5, 0.6) is 0 Å². The molecule has 2 rings (SSSR count). The van der Waals surface area contributed by atoms with Crippen molar-refractivity contribution in [1.29, 1.82) is 0 Å². The fourth-order valence-electron chi connectivity index (χ4n) is 2.00. The van der Waals surface area contributed by atoms with Gasteiger partial charge < -0.3 is 5.32 Å². The molecule has 4 nitrogen and oxygen atoms in total. The minimum absolute atomic E-state index is 0.201. The van der Waals surface area contributed by atoms with E-state index < -0.39 is 5.92 Å². The summed E-state index contributed by atoms with van der Waals surface area (Å²) in [6.07, 6.45) is 1.68. The van der Waals surface area contributed by atoms with Crippen LogP contribution in [0.4, 0.5) is 14.6 Å². The maximum absolute atomic E-state index is 12.9. The van der Waals surface area contributed by atoms with E-state index in [0.717, 1.165) is 5.56 Å². The molecule has 1 aromatic rings. The van der Waals surface area contributed by atoms with Crippen molar-refractivity contribution < 1.29 is 13.6 Å². The molecule has 0 aromatic carbocycles. The molecule has 0 aliphatic heterocycles. The predicted octanol–water partition coefficient (Wildman–Crippen LogP) is 2.48. The van der Waals surface area contributed by atoms with Gasteiger partial charge in [0.25, 0.3) is 0 Å². The van der Waals surface area contributed by atoms with Crippen LogP contribution in [0.1, 0.15) is 31.2 Å². The third-order valence-electron chi connectivity index (χ3n) is 3.16. The number of carbonyl (C=O) groups is 1. The number of nitrogens with one attached hydrogen (secondary N) is 2. The normalized spacial score (nSPS) is 20.2. The lowest BCUT2D eigenvalue weighted by molar-refractivity contribution is -0.124. The summed E-state index contributed by atoms with van der Waals surface area (Å²) in [5, 5.41) is 9.13. The van der Waals surface area contributed by atoms with Crippen LogP contribution in [-0.4, -0.2) is 22.0 Å². The Labute approximate surface area is 97.8 Å². The highest BCUT2D eigenvalue weighted by Crippen LogP contribution is 2.36. The SMILES string of the molecule is Cc1cn[nH]c1NC(=O)C1CCC(F)(F)CC1. The van der Waals surface area contributed by atoms with Crippen molar-refractivity contribution in [2.24, 2.45) is 5.92 Å². The zero-order chi connectivity index (χ0) is 12.5. The maximum Gasteiger partial charge on any atom is 0.248 e. The second-order valence-corrected chi connectivity index (χ2v) is 4.55. The second kappa shape index (κ2) is 4.43. The summed E-state index contributed by atoms with van der Waals surface area (Å²) in [6, 6.07) is 0.